The maximum atomic E-state index is 5.59. The minimum absolute atomic E-state index is 0.604. The molecular formula is C11H15N3O2S. The second-order valence-electron chi connectivity index (χ2n) is 3.54. The standard InChI is InChI=1S/C11H15N3O2S/c1-8-14-9(7-17-8)10-5-13-11(16-10)6-12-3-4-15-2/h5,7,12H,3-4,6H2,1-2H3. The monoisotopic (exact) mass is 253 g/mol. The van der Waals surface area contributed by atoms with Gasteiger partial charge in [0.25, 0.3) is 0 Å². The van der Waals surface area contributed by atoms with Crippen molar-refractivity contribution in [2.75, 3.05) is 20.3 Å². The van der Waals surface area contributed by atoms with Gasteiger partial charge in [-0.15, -0.1) is 11.3 Å². The molecule has 0 fully saturated rings. The second-order valence-corrected chi connectivity index (χ2v) is 4.60. The summed E-state index contributed by atoms with van der Waals surface area (Å²) in [6, 6.07) is 0. The van der Waals surface area contributed by atoms with Crippen LogP contribution in [0.1, 0.15) is 10.9 Å². The summed E-state index contributed by atoms with van der Waals surface area (Å²) >= 11 is 1.60. The van der Waals surface area contributed by atoms with Gasteiger partial charge in [-0.2, -0.15) is 0 Å². The summed E-state index contributed by atoms with van der Waals surface area (Å²) in [7, 11) is 1.68. The third-order valence-corrected chi connectivity index (χ3v) is 2.96. The van der Waals surface area contributed by atoms with Crippen molar-refractivity contribution in [3.8, 4) is 11.5 Å². The van der Waals surface area contributed by atoms with Crippen molar-refractivity contribution in [2.24, 2.45) is 0 Å². The summed E-state index contributed by atoms with van der Waals surface area (Å²) in [4.78, 5) is 8.54. The maximum absolute atomic E-state index is 5.59. The van der Waals surface area contributed by atoms with Gasteiger partial charge in [0.2, 0.25) is 5.89 Å². The predicted molar refractivity (Wildman–Crippen MR) is 65.9 cm³/mol. The highest BCUT2D eigenvalue weighted by Crippen LogP contribution is 2.21. The quantitative estimate of drug-likeness (QED) is 0.796. The number of aryl methyl sites for hydroxylation is 1. The molecule has 5 nitrogen and oxygen atoms in total. The minimum Gasteiger partial charge on any atom is -0.438 e. The van der Waals surface area contributed by atoms with E-state index in [1.165, 1.54) is 0 Å². The van der Waals surface area contributed by atoms with Crippen molar-refractivity contribution in [1.82, 2.24) is 15.3 Å². The Bertz CT molecular complexity index is 467. The fourth-order valence-corrected chi connectivity index (χ4v) is 1.96. The number of oxazole rings is 1. The van der Waals surface area contributed by atoms with Crippen LogP contribution in [0.15, 0.2) is 16.0 Å². The Morgan fingerprint density at radius 3 is 3.12 bits per heavy atom. The van der Waals surface area contributed by atoms with E-state index in [2.05, 4.69) is 15.3 Å². The van der Waals surface area contributed by atoms with Crippen molar-refractivity contribution >= 4 is 11.3 Å². The van der Waals surface area contributed by atoms with Crippen LogP contribution in [0, 0.1) is 6.92 Å². The van der Waals surface area contributed by atoms with Gasteiger partial charge in [0.1, 0.15) is 5.69 Å². The number of rotatable bonds is 6. The molecule has 0 saturated heterocycles. The number of nitrogens with zero attached hydrogens (tertiary/aromatic N) is 2. The lowest BCUT2D eigenvalue weighted by molar-refractivity contribution is 0.198. The molecule has 0 aromatic carbocycles. The molecule has 17 heavy (non-hydrogen) atoms. The number of hydrogen-bond acceptors (Lipinski definition) is 6. The van der Waals surface area contributed by atoms with Crippen LogP contribution in [-0.4, -0.2) is 30.2 Å². The molecule has 2 aromatic rings. The third-order valence-electron chi connectivity index (χ3n) is 2.18. The lowest BCUT2D eigenvalue weighted by atomic mass is 10.4. The molecule has 2 heterocycles. The summed E-state index contributed by atoms with van der Waals surface area (Å²) in [5.74, 6) is 1.39. The molecule has 2 rings (SSSR count). The average molecular weight is 253 g/mol. The van der Waals surface area contributed by atoms with Crippen LogP contribution in [0.4, 0.5) is 0 Å². The Kier molecular flexibility index (Phi) is 4.24. The predicted octanol–water partition coefficient (Wildman–Crippen LogP) is 1.84. The van der Waals surface area contributed by atoms with E-state index in [9.17, 15) is 0 Å². The lowest BCUT2D eigenvalue weighted by Gasteiger charge is -1.99. The zero-order chi connectivity index (χ0) is 12.1. The summed E-state index contributed by atoms with van der Waals surface area (Å²) in [5.41, 5.74) is 0.850. The third kappa shape index (κ3) is 3.36. The van der Waals surface area contributed by atoms with Gasteiger partial charge in [0.15, 0.2) is 5.76 Å². The zero-order valence-electron chi connectivity index (χ0n) is 9.90. The molecule has 0 amide bonds. The first-order valence-electron chi connectivity index (χ1n) is 5.36. The molecule has 0 spiro atoms. The topological polar surface area (TPSA) is 60.2 Å². The van der Waals surface area contributed by atoms with Gasteiger partial charge < -0.3 is 14.5 Å². The molecule has 92 valence electrons. The lowest BCUT2D eigenvalue weighted by Crippen LogP contribution is -2.18. The van der Waals surface area contributed by atoms with E-state index in [1.54, 1.807) is 24.6 Å². The molecular weight excluding hydrogens is 238 g/mol. The van der Waals surface area contributed by atoms with Crippen LogP contribution in [0.25, 0.3) is 11.5 Å². The largest absolute Gasteiger partial charge is 0.438 e. The van der Waals surface area contributed by atoms with Crippen molar-refractivity contribution in [3.63, 3.8) is 0 Å². The summed E-state index contributed by atoms with van der Waals surface area (Å²) < 4.78 is 10.5. The Labute approximate surface area is 104 Å². The molecule has 0 bridgehead atoms. The molecule has 2 aromatic heterocycles. The van der Waals surface area contributed by atoms with Crippen LogP contribution in [0.5, 0.6) is 0 Å². The van der Waals surface area contributed by atoms with E-state index in [0.717, 1.165) is 23.0 Å². The summed E-state index contributed by atoms with van der Waals surface area (Å²) in [6.45, 7) is 4.03. The van der Waals surface area contributed by atoms with Crippen LogP contribution in [-0.2, 0) is 11.3 Å². The highest BCUT2D eigenvalue weighted by Gasteiger charge is 2.08. The highest BCUT2D eigenvalue weighted by atomic mass is 32.1. The van der Waals surface area contributed by atoms with E-state index in [4.69, 9.17) is 9.15 Å². The Balaban J connectivity index is 1.92. The smallest absolute Gasteiger partial charge is 0.208 e. The first-order valence-corrected chi connectivity index (χ1v) is 6.24. The first-order chi connectivity index (χ1) is 8.29. The van der Waals surface area contributed by atoms with Crippen molar-refractivity contribution < 1.29 is 9.15 Å². The Hall–Kier alpha value is -1.24. The fraction of sp³-hybridized carbons (Fsp3) is 0.455. The van der Waals surface area contributed by atoms with Crippen molar-refractivity contribution in [1.29, 1.82) is 0 Å². The van der Waals surface area contributed by atoms with Gasteiger partial charge in [0.05, 0.1) is 24.4 Å². The number of thiazole rings is 1. The number of nitrogens with one attached hydrogen (secondary N) is 1. The molecule has 0 aliphatic heterocycles. The van der Waals surface area contributed by atoms with Gasteiger partial charge in [-0.1, -0.05) is 0 Å². The maximum Gasteiger partial charge on any atom is 0.208 e. The van der Waals surface area contributed by atoms with Gasteiger partial charge in [0, 0.05) is 19.0 Å². The van der Waals surface area contributed by atoms with E-state index in [1.807, 2.05) is 12.3 Å². The molecule has 1 N–H and O–H groups in total. The summed E-state index contributed by atoms with van der Waals surface area (Å²) in [5, 5.41) is 6.17. The zero-order valence-corrected chi connectivity index (χ0v) is 10.7. The number of ether oxygens (including phenoxy) is 1. The molecule has 0 radical (unpaired) electrons. The average Bonchev–Trinajstić information content (AvgIpc) is 2.93. The Morgan fingerprint density at radius 1 is 1.53 bits per heavy atom. The molecule has 0 atom stereocenters. The van der Waals surface area contributed by atoms with Gasteiger partial charge >= 0.3 is 0 Å². The number of methoxy groups -OCH3 is 1. The van der Waals surface area contributed by atoms with Crippen LogP contribution in [0.2, 0.25) is 0 Å². The van der Waals surface area contributed by atoms with Gasteiger partial charge in [-0.25, -0.2) is 9.97 Å². The molecule has 0 saturated carbocycles. The highest BCUT2D eigenvalue weighted by molar-refractivity contribution is 7.09. The SMILES string of the molecule is COCCNCc1ncc(-c2csc(C)n2)o1. The number of aromatic nitrogens is 2. The van der Waals surface area contributed by atoms with Crippen molar-refractivity contribution in [2.45, 2.75) is 13.5 Å². The molecule has 0 unspecified atom stereocenters. The molecule has 6 heteroatoms. The number of hydrogen-bond donors (Lipinski definition) is 1. The van der Waals surface area contributed by atoms with Crippen molar-refractivity contribution in [3.05, 3.63) is 22.5 Å². The van der Waals surface area contributed by atoms with E-state index < -0.39 is 0 Å². The second kappa shape index (κ2) is 5.90. The normalized spacial score (nSPS) is 10.9. The van der Waals surface area contributed by atoms with Crippen LogP contribution in [0.3, 0.4) is 0 Å². The van der Waals surface area contributed by atoms with E-state index in [-0.39, 0.29) is 0 Å². The summed E-state index contributed by atoms with van der Waals surface area (Å²) in [6.07, 6.45) is 1.71. The molecule has 0 aliphatic rings. The van der Waals surface area contributed by atoms with E-state index >= 15 is 0 Å². The minimum atomic E-state index is 0.604. The van der Waals surface area contributed by atoms with E-state index in [0.29, 0.717) is 19.0 Å². The van der Waals surface area contributed by atoms with Crippen LogP contribution < -0.4 is 5.32 Å². The fourth-order valence-electron chi connectivity index (χ4n) is 1.36. The first kappa shape index (κ1) is 12.2. The van der Waals surface area contributed by atoms with Crippen LogP contribution >= 0.6 is 11.3 Å². The van der Waals surface area contributed by atoms with Gasteiger partial charge in [-0.3, -0.25) is 0 Å². The molecule has 0 aliphatic carbocycles. The van der Waals surface area contributed by atoms with Gasteiger partial charge in [-0.05, 0) is 6.92 Å². The Morgan fingerprint density at radius 2 is 2.41 bits per heavy atom.